The first-order valence-corrected chi connectivity index (χ1v) is 10.9. The first kappa shape index (κ1) is 22.7. The van der Waals surface area contributed by atoms with E-state index in [1.807, 2.05) is 24.3 Å². The van der Waals surface area contributed by atoms with Crippen LogP contribution in [0.15, 0.2) is 65.1 Å². The summed E-state index contributed by atoms with van der Waals surface area (Å²) >= 11 is 0. The number of rotatable bonds is 8. The third-order valence-corrected chi connectivity index (χ3v) is 5.24. The predicted molar refractivity (Wildman–Crippen MR) is 130 cm³/mol. The van der Waals surface area contributed by atoms with Crippen molar-refractivity contribution in [3.63, 3.8) is 0 Å². The van der Waals surface area contributed by atoms with Crippen LogP contribution >= 0.6 is 0 Å². The quantitative estimate of drug-likeness (QED) is 0.282. The topological polar surface area (TPSA) is 156 Å². The second-order valence-corrected chi connectivity index (χ2v) is 7.75. The second-order valence-electron chi connectivity index (χ2n) is 7.75. The molecular weight excluding hydrogens is 462 g/mol. The van der Waals surface area contributed by atoms with E-state index in [0.29, 0.717) is 45.8 Å². The molecule has 5 aromatic rings. The Balaban J connectivity index is 1.41. The Bertz CT molecular complexity index is 1600. The largest absolute Gasteiger partial charge is 0.470 e. The van der Waals surface area contributed by atoms with Crippen molar-refractivity contribution < 1.29 is 14.1 Å². The minimum Gasteiger partial charge on any atom is -0.470 e. The van der Waals surface area contributed by atoms with E-state index in [1.165, 1.54) is 12.4 Å². The lowest BCUT2D eigenvalue weighted by Crippen LogP contribution is -2.24. The number of hydrogen-bond donors (Lipinski definition) is 3. The van der Waals surface area contributed by atoms with E-state index in [-0.39, 0.29) is 12.5 Å². The van der Waals surface area contributed by atoms with Crippen molar-refractivity contribution in [3.05, 3.63) is 77.6 Å². The lowest BCUT2D eigenvalue weighted by Gasteiger charge is -2.10. The SMILES string of the molecule is CN/C=C(\C=N)NC(=O)c1ccc(COc2nn3c(-c4cc(C)on4)nnc3c3ccccc23)nc1. The molecule has 3 N–H and O–H groups in total. The summed E-state index contributed by atoms with van der Waals surface area (Å²) in [6.45, 7) is 1.92. The molecule has 4 aromatic heterocycles. The summed E-state index contributed by atoms with van der Waals surface area (Å²) in [5.41, 5.74) is 2.37. The molecule has 12 heteroatoms. The highest BCUT2D eigenvalue weighted by atomic mass is 16.5. The van der Waals surface area contributed by atoms with Crippen LogP contribution in [-0.2, 0) is 6.61 Å². The Morgan fingerprint density at radius 2 is 2.03 bits per heavy atom. The highest BCUT2D eigenvalue weighted by Gasteiger charge is 2.18. The number of pyridine rings is 1. The van der Waals surface area contributed by atoms with Gasteiger partial charge in [-0.25, -0.2) is 0 Å². The summed E-state index contributed by atoms with van der Waals surface area (Å²) in [6, 6.07) is 12.7. The summed E-state index contributed by atoms with van der Waals surface area (Å²) in [5, 5.41) is 31.5. The van der Waals surface area contributed by atoms with Crippen LogP contribution in [-0.4, -0.2) is 49.1 Å². The zero-order valence-electron chi connectivity index (χ0n) is 19.4. The molecule has 0 aliphatic rings. The number of fused-ring (bicyclic) bond motifs is 3. The minimum atomic E-state index is -0.374. The van der Waals surface area contributed by atoms with Crippen LogP contribution < -0.4 is 15.4 Å². The highest BCUT2D eigenvalue weighted by molar-refractivity contribution is 5.98. The molecular formula is C24H21N9O3. The van der Waals surface area contributed by atoms with E-state index in [9.17, 15) is 4.79 Å². The van der Waals surface area contributed by atoms with Crippen LogP contribution in [0.25, 0.3) is 27.9 Å². The molecule has 0 atom stereocenters. The summed E-state index contributed by atoms with van der Waals surface area (Å²) in [7, 11) is 1.68. The number of amides is 1. The normalized spacial score (nSPS) is 11.6. The summed E-state index contributed by atoms with van der Waals surface area (Å²) in [4.78, 5) is 16.7. The smallest absolute Gasteiger partial charge is 0.257 e. The summed E-state index contributed by atoms with van der Waals surface area (Å²) in [5.74, 6) is 1.08. The average Bonchev–Trinajstić information content (AvgIpc) is 3.53. The number of carbonyl (C=O) groups excluding carboxylic acids is 1. The van der Waals surface area contributed by atoms with Gasteiger partial charge in [0.2, 0.25) is 11.7 Å². The van der Waals surface area contributed by atoms with Crippen LogP contribution in [0.4, 0.5) is 0 Å². The van der Waals surface area contributed by atoms with Gasteiger partial charge in [-0.15, -0.1) is 15.3 Å². The molecule has 0 saturated carbocycles. The molecule has 0 saturated heterocycles. The van der Waals surface area contributed by atoms with Gasteiger partial charge in [0.15, 0.2) is 11.3 Å². The molecule has 0 spiro atoms. The molecule has 0 radical (unpaired) electrons. The number of benzene rings is 1. The van der Waals surface area contributed by atoms with Crippen molar-refractivity contribution in [1.29, 1.82) is 5.41 Å². The lowest BCUT2D eigenvalue weighted by molar-refractivity contribution is 0.0967. The molecule has 180 valence electrons. The van der Waals surface area contributed by atoms with Gasteiger partial charge in [0.05, 0.1) is 17.0 Å². The molecule has 5 rings (SSSR count). The number of allylic oxidation sites excluding steroid dienone is 1. The maximum atomic E-state index is 12.4. The van der Waals surface area contributed by atoms with Gasteiger partial charge in [-0.05, 0) is 25.1 Å². The van der Waals surface area contributed by atoms with E-state index in [2.05, 4.69) is 36.1 Å². The molecule has 0 fully saturated rings. The molecule has 0 aliphatic heterocycles. The average molecular weight is 483 g/mol. The first-order chi connectivity index (χ1) is 17.6. The maximum absolute atomic E-state index is 12.4. The zero-order chi connectivity index (χ0) is 25.1. The van der Waals surface area contributed by atoms with Crippen molar-refractivity contribution in [2.75, 3.05) is 7.05 Å². The number of hydrogen-bond acceptors (Lipinski definition) is 10. The number of nitrogens with zero attached hydrogens (tertiary/aromatic N) is 6. The Hall–Kier alpha value is -5.13. The minimum absolute atomic E-state index is 0.121. The summed E-state index contributed by atoms with van der Waals surface area (Å²) in [6.07, 6.45) is 4.01. The summed E-state index contributed by atoms with van der Waals surface area (Å²) < 4.78 is 12.8. The molecule has 0 unspecified atom stereocenters. The van der Waals surface area contributed by atoms with Crippen molar-refractivity contribution >= 4 is 28.5 Å². The van der Waals surface area contributed by atoms with Crippen molar-refractivity contribution in [1.82, 2.24) is 40.6 Å². The Morgan fingerprint density at radius 1 is 1.19 bits per heavy atom. The second kappa shape index (κ2) is 9.62. The molecule has 12 nitrogen and oxygen atoms in total. The van der Waals surface area contributed by atoms with Gasteiger partial charge in [-0.2, -0.15) is 4.52 Å². The van der Waals surface area contributed by atoms with Crippen LogP contribution in [0.2, 0.25) is 0 Å². The lowest BCUT2D eigenvalue weighted by atomic mass is 10.2. The number of aromatic nitrogens is 6. The highest BCUT2D eigenvalue weighted by Crippen LogP contribution is 2.29. The van der Waals surface area contributed by atoms with Crippen LogP contribution in [0, 0.1) is 12.3 Å². The Kier molecular flexibility index (Phi) is 6.05. The molecule has 36 heavy (non-hydrogen) atoms. The maximum Gasteiger partial charge on any atom is 0.257 e. The Labute approximate surface area is 204 Å². The van der Waals surface area contributed by atoms with Crippen molar-refractivity contribution in [2.24, 2.45) is 0 Å². The fourth-order valence-electron chi connectivity index (χ4n) is 3.55. The number of nitrogens with one attached hydrogen (secondary N) is 3. The fraction of sp³-hybridized carbons (Fsp3) is 0.125. The number of ether oxygens (including phenoxy) is 1. The molecule has 0 bridgehead atoms. The van der Waals surface area contributed by atoms with Gasteiger partial charge >= 0.3 is 0 Å². The molecule has 4 heterocycles. The zero-order valence-corrected chi connectivity index (χ0v) is 19.4. The van der Waals surface area contributed by atoms with Crippen molar-refractivity contribution in [3.8, 4) is 17.4 Å². The van der Waals surface area contributed by atoms with Crippen molar-refractivity contribution in [2.45, 2.75) is 13.5 Å². The fourth-order valence-corrected chi connectivity index (χ4v) is 3.55. The number of aryl methyl sites for hydroxylation is 1. The third kappa shape index (κ3) is 4.34. The van der Waals surface area contributed by atoms with Gasteiger partial charge in [-0.1, -0.05) is 23.4 Å². The van der Waals surface area contributed by atoms with E-state index >= 15 is 0 Å². The van der Waals surface area contributed by atoms with E-state index < -0.39 is 0 Å². The first-order valence-electron chi connectivity index (χ1n) is 10.9. The van der Waals surface area contributed by atoms with Gasteiger partial charge in [-0.3, -0.25) is 9.78 Å². The Morgan fingerprint density at radius 3 is 2.72 bits per heavy atom. The van der Waals surface area contributed by atoms with Crippen LogP contribution in [0.5, 0.6) is 5.88 Å². The van der Waals surface area contributed by atoms with Gasteiger partial charge < -0.3 is 25.3 Å². The van der Waals surface area contributed by atoms with Gasteiger partial charge in [0.25, 0.3) is 5.91 Å². The van der Waals surface area contributed by atoms with Crippen LogP contribution in [0.3, 0.4) is 0 Å². The predicted octanol–water partition coefficient (Wildman–Crippen LogP) is 2.66. The van der Waals surface area contributed by atoms with Crippen LogP contribution in [0.1, 0.15) is 21.8 Å². The molecule has 1 amide bonds. The van der Waals surface area contributed by atoms with Gasteiger partial charge in [0, 0.05) is 42.5 Å². The molecule has 1 aromatic carbocycles. The van der Waals surface area contributed by atoms with E-state index in [0.717, 1.165) is 17.0 Å². The van der Waals surface area contributed by atoms with Gasteiger partial charge in [0.1, 0.15) is 12.4 Å². The molecule has 0 aliphatic carbocycles. The van der Waals surface area contributed by atoms with E-state index in [4.69, 9.17) is 14.7 Å². The van der Waals surface area contributed by atoms with E-state index in [1.54, 1.807) is 36.7 Å². The standard InChI is InChI=1S/C24H21N9O3/c1-14-9-20(32-36-14)22-30-29-21-18-5-3-4-6-19(18)24(31-33(21)22)35-13-16-8-7-15(11-27-16)23(34)28-17(10-25)12-26-2/h3-12,25-26H,13H2,1-2H3,(H,28,34)/b17-12+,25-10?. The monoisotopic (exact) mass is 483 g/mol. The number of carbonyl (C=O) groups is 1. The third-order valence-electron chi connectivity index (χ3n) is 5.24.